The van der Waals surface area contributed by atoms with Crippen molar-refractivity contribution in [3.63, 3.8) is 0 Å². The Kier molecular flexibility index (Phi) is 7.08. The third-order valence-corrected chi connectivity index (χ3v) is 8.70. The molecule has 2 saturated heterocycles. The lowest BCUT2D eigenvalue weighted by Gasteiger charge is -2.60. The fourth-order valence-corrected chi connectivity index (χ4v) is 5.95. The van der Waals surface area contributed by atoms with Crippen molar-refractivity contribution in [1.29, 1.82) is 0 Å². The number of rotatable bonds is 6. The van der Waals surface area contributed by atoms with Crippen LogP contribution >= 0.6 is 0 Å². The van der Waals surface area contributed by atoms with Gasteiger partial charge in [0.25, 0.3) is 5.91 Å². The normalized spacial score (nSPS) is 23.7. The average Bonchev–Trinajstić information content (AvgIpc) is 3.18. The predicted molar refractivity (Wildman–Crippen MR) is 164 cm³/mol. The van der Waals surface area contributed by atoms with E-state index in [0.29, 0.717) is 24.3 Å². The van der Waals surface area contributed by atoms with Crippen LogP contribution in [0.3, 0.4) is 0 Å². The molecule has 3 heterocycles. The van der Waals surface area contributed by atoms with Gasteiger partial charge in [-0.1, -0.05) is 30.3 Å². The number of hydrogen-bond donors (Lipinski definition) is 1. The lowest BCUT2D eigenvalue weighted by molar-refractivity contribution is -0.136. The van der Waals surface area contributed by atoms with Gasteiger partial charge in [-0.2, -0.15) is 0 Å². The van der Waals surface area contributed by atoms with E-state index in [4.69, 9.17) is 9.47 Å². The van der Waals surface area contributed by atoms with Gasteiger partial charge in [0.05, 0.1) is 6.54 Å². The molecule has 2 aromatic rings. The molecule has 3 amide bonds. The van der Waals surface area contributed by atoms with Crippen LogP contribution in [0.1, 0.15) is 39.9 Å². The van der Waals surface area contributed by atoms with E-state index in [1.165, 1.54) is 5.56 Å². The average molecular weight is 520 g/mol. The van der Waals surface area contributed by atoms with E-state index in [0.717, 1.165) is 24.2 Å². The predicted octanol–water partition coefficient (Wildman–Crippen LogP) is -4.38. The van der Waals surface area contributed by atoms with Gasteiger partial charge in [-0.15, -0.1) is 0 Å². The fourth-order valence-electron chi connectivity index (χ4n) is 5.95. The quantitative estimate of drug-likeness (QED) is 0.306. The highest BCUT2D eigenvalue weighted by Gasteiger charge is 2.49. The molecule has 0 aromatic heterocycles. The summed E-state index contributed by atoms with van der Waals surface area (Å²) < 4.78 is 12.6. The van der Waals surface area contributed by atoms with Gasteiger partial charge >= 0.3 is 0 Å². The molecule has 0 aliphatic carbocycles. The van der Waals surface area contributed by atoms with Crippen molar-refractivity contribution in [3.05, 3.63) is 64.7 Å². The summed E-state index contributed by atoms with van der Waals surface area (Å²) in [5.41, 5.74) is 3.59. The number of morpholine rings is 1. The summed E-state index contributed by atoms with van der Waals surface area (Å²) >= 11 is 0. The van der Waals surface area contributed by atoms with Crippen LogP contribution in [0.15, 0.2) is 42.5 Å². The molecular weight excluding hydrogens is 487 g/mol. The molecular formula is C25H33B6N3O5. The van der Waals surface area contributed by atoms with Gasteiger partial charge in [-0.3, -0.25) is 19.7 Å². The summed E-state index contributed by atoms with van der Waals surface area (Å²) in [6.07, 6.45) is 0.567. The lowest BCUT2D eigenvalue weighted by Crippen LogP contribution is -2.76. The second-order valence-electron chi connectivity index (χ2n) is 12.6. The number of fused-ring (bicyclic) bond motifs is 1. The zero-order valence-corrected chi connectivity index (χ0v) is 23.8. The van der Waals surface area contributed by atoms with Crippen LogP contribution in [0.2, 0.25) is 0 Å². The van der Waals surface area contributed by atoms with Crippen molar-refractivity contribution in [3.8, 4) is 5.75 Å². The Bertz CT molecular complexity index is 1320. The first-order chi connectivity index (χ1) is 18.3. The highest BCUT2D eigenvalue weighted by Crippen LogP contribution is 2.35. The number of amides is 3. The first-order valence-electron chi connectivity index (χ1n) is 13.7. The standard InChI is InChI=1S/C25H33B6N3O5/c26-23(27)13-33(24(28,29)25(30,31)39-23)10-14-4-6-15(7-5-14)12-38-19-3-1-2-16-17(19)11-34(22(16)37)18-8-9-20(35)32-21(18)36/h1-7,18H,8-13,26-31H2,(H,32,35,36). The Morgan fingerprint density at radius 2 is 1.67 bits per heavy atom. The maximum Gasteiger partial charge on any atom is 0.255 e. The molecule has 5 rings (SSSR count). The van der Waals surface area contributed by atoms with Crippen LogP contribution in [0.5, 0.6) is 5.75 Å². The Labute approximate surface area is 235 Å². The van der Waals surface area contributed by atoms with E-state index < -0.39 is 11.9 Å². The molecule has 1 N–H and O–H groups in total. The van der Waals surface area contributed by atoms with Crippen molar-refractivity contribution in [1.82, 2.24) is 15.1 Å². The number of imide groups is 1. The van der Waals surface area contributed by atoms with Crippen molar-refractivity contribution in [2.75, 3.05) is 6.54 Å². The SMILES string of the molecule is BC1(B)CN(Cc2ccc(COc3cccc4c3CN(C3CCC(=O)NC3=O)C4=O)cc2)C(B)(B)C(B)(B)O1. The van der Waals surface area contributed by atoms with Gasteiger partial charge < -0.3 is 19.3 Å². The van der Waals surface area contributed by atoms with E-state index in [-0.39, 0.29) is 40.9 Å². The third kappa shape index (κ3) is 5.33. The van der Waals surface area contributed by atoms with E-state index in [9.17, 15) is 14.4 Å². The number of carbonyl (C=O) groups excluding carboxylic acids is 3. The largest absolute Gasteiger partial charge is 0.489 e. The maximum atomic E-state index is 13.1. The Morgan fingerprint density at radius 3 is 2.36 bits per heavy atom. The maximum absolute atomic E-state index is 13.1. The summed E-state index contributed by atoms with van der Waals surface area (Å²) in [7, 11) is 13.1. The highest BCUT2D eigenvalue weighted by atomic mass is 16.5. The van der Waals surface area contributed by atoms with Crippen molar-refractivity contribution < 1.29 is 23.9 Å². The topological polar surface area (TPSA) is 88.2 Å². The third-order valence-electron chi connectivity index (χ3n) is 8.70. The first-order valence-corrected chi connectivity index (χ1v) is 13.7. The molecule has 3 aliphatic rings. The van der Waals surface area contributed by atoms with Crippen LogP contribution < -0.4 is 10.1 Å². The summed E-state index contributed by atoms with van der Waals surface area (Å²) in [6.45, 7) is 2.33. The Morgan fingerprint density at radius 1 is 0.974 bits per heavy atom. The highest BCUT2D eigenvalue weighted by molar-refractivity contribution is 6.54. The molecule has 14 heteroatoms. The molecule has 1 unspecified atom stereocenters. The van der Waals surface area contributed by atoms with Crippen LogP contribution in [-0.4, -0.2) is 103 Å². The van der Waals surface area contributed by atoms with Gasteiger partial charge in [0, 0.05) is 41.4 Å². The number of nitrogens with one attached hydrogen (secondary N) is 1. The minimum Gasteiger partial charge on any atom is -0.489 e. The van der Waals surface area contributed by atoms with Gasteiger partial charge in [0.15, 0.2) is 0 Å². The number of hydrogen-bond acceptors (Lipinski definition) is 6. The molecule has 39 heavy (non-hydrogen) atoms. The van der Waals surface area contributed by atoms with Crippen molar-refractivity contribution >= 4 is 64.8 Å². The molecule has 0 saturated carbocycles. The molecule has 0 spiro atoms. The zero-order valence-electron chi connectivity index (χ0n) is 23.8. The summed E-state index contributed by atoms with van der Waals surface area (Å²) in [5.74, 6) is -0.273. The van der Waals surface area contributed by atoms with E-state index in [2.05, 4.69) is 81.6 Å². The van der Waals surface area contributed by atoms with Crippen LogP contribution in [-0.2, 0) is 34.0 Å². The summed E-state index contributed by atoms with van der Waals surface area (Å²) in [5, 5.41) is 1.71. The summed E-state index contributed by atoms with van der Waals surface area (Å²) in [6, 6.07) is 13.2. The van der Waals surface area contributed by atoms with Gasteiger partial charge in [-0.25, -0.2) is 0 Å². The Hall–Kier alpha value is -2.84. The van der Waals surface area contributed by atoms with Crippen LogP contribution in [0.4, 0.5) is 0 Å². The molecule has 2 fully saturated rings. The van der Waals surface area contributed by atoms with E-state index in [1.54, 1.807) is 17.0 Å². The number of ether oxygens (including phenoxy) is 2. The van der Waals surface area contributed by atoms with E-state index in [1.807, 2.05) is 6.07 Å². The zero-order chi connectivity index (χ0) is 28.2. The number of nitrogens with zero attached hydrogens (tertiary/aromatic N) is 2. The van der Waals surface area contributed by atoms with Crippen LogP contribution in [0.25, 0.3) is 0 Å². The van der Waals surface area contributed by atoms with Gasteiger partial charge in [0.1, 0.15) is 65.5 Å². The minimum atomic E-state index is -0.643. The smallest absolute Gasteiger partial charge is 0.255 e. The van der Waals surface area contributed by atoms with Gasteiger partial charge in [0.2, 0.25) is 11.8 Å². The van der Waals surface area contributed by atoms with Crippen LogP contribution in [0, 0.1) is 0 Å². The molecule has 0 radical (unpaired) electrons. The van der Waals surface area contributed by atoms with Gasteiger partial charge in [-0.05, 0) is 35.0 Å². The molecule has 1 atom stereocenters. The number of piperidine rings is 1. The fraction of sp³-hybridized carbons (Fsp3) is 0.400. The molecule has 196 valence electrons. The van der Waals surface area contributed by atoms with Crippen molar-refractivity contribution in [2.24, 2.45) is 0 Å². The second kappa shape index (κ2) is 9.97. The lowest BCUT2D eigenvalue weighted by atomic mass is 9.37. The minimum absolute atomic E-state index is 0.128. The molecule has 3 aliphatic heterocycles. The Balaban J connectivity index is 1.24. The molecule has 8 nitrogen and oxygen atoms in total. The number of benzene rings is 2. The first kappa shape index (κ1) is 27.7. The molecule has 2 aromatic carbocycles. The molecule has 0 bridgehead atoms. The number of carbonyl (C=O) groups is 3. The monoisotopic (exact) mass is 521 g/mol. The second-order valence-corrected chi connectivity index (χ2v) is 12.6. The van der Waals surface area contributed by atoms with Crippen molar-refractivity contribution in [2.45, 2.75) is 54.7 Å². The van der Waals surface area contributed by atoms with E-state index >= 15 is 0 Å². The summed E-state index contributed by atoms with van der Waals surface area (Å²) in [4.78, 5) is 41.0.